The fourth-order valence-corrected chi connectivity index (χ4v) is 2.97. The molecular formula is C10H16O3. The molecule has 3 atom stereocenters. The summed E-state index contributed by atoms with van der Waals surface area (Å²) in [6, 6.07) is 0. The topological polar surface area (TPSA) is 57.5 Å². The molecule has 0 radical (unpaired) electrons. The molecule has 0 heterocycles. The Morgan fingerprint density at radius 2 is 2.15 bits per heavy atom. The molecule has 0 spiro atoms. The minimum absolute atomic E-state index is 0.0192. The molecule has 3 heteroatoms. The highest BCUT2D eigenvalue weighted by molar-refractivity contribution is 5.90. The third-order valence-electron chi connectivity index (χ3n) is 4.20. The summed E-state index contributed by atoms with van der Waals surface area (Å²) < 4.78 is 0. The van der Waals surface area contributed by atoms with Crippen molar-refractivity contribution in [3.05, 3.63) is 0 Å². The molecule has 0 aromatic rings. The predicted octanol–water partition coefficient (Wildman–Crippen LogP) is 0.345. The zero-order valence-corrected chi connectivity index (χ0v) is 8.08. The van der Waals surface area contributed by atoms with Crippen LogP contribution in [0, 0.1) is 17.3 Å². The van der Waals surface area contributed by atoms with Gasteiger partial charge in [-0.15, -0.1) is 0 Å². The van der Waals surface area contributed by atoms with E-state index in [4.69, 9.17) is 5.11 Å². The van der Waals surface area contributed by atoms with E-state index in [2.05, 4.69) is 13.8 Å². The van der Waals surface area contributed by atoms with Gasteiger partial charge in [0.15, 0.2) is 5.78 Å². The van der Waals surface area contributed by atoms with Crippen molar-refractivity contribution in [2.75, 3.05) is 6.61 Å². The van der Waals surface area contributed by atoms with Crippen LogP contribution in [0.1, 0.15) is 26.7 Å². The minimum Gasteiger partial charge on any atom is -0.393 e. The zero-order chi connectivity index (χ0) is 9.85. The Morgan fingerprint density at radius 1 is 1.54 bits per heavy atom. The first-order chi connectivity index (χ1) is 5.93. The molecule has 2 N–H and O–H groups in total. The standard InChI is InChI=1S/C10H16O3/c1-9(2)6-3-7(9)10(13,5-11)8(12)4-6/h6-7,11,13H,3-5H2,1-2H3/t6-,7-,10-/m0/s1. The van der Waals surface area contributed by atoms with E-state index in [9.17, 15) is 9.90 Å². The van der Waals surface area contributed by atoms with Crippen LogP contribution in [0.3, 0.4) is 0 Å². The maximum Gasteiger partial charge on any atom is 0.167 e. The van der Waals surface area contributed by atoms with Crippen molar-refractivity contribution in [1.29, 1.82) is 0 Å². The summed E-state index contributed by atoms with van der Waals surface area (Å²) in [6.45, 7) is 3.71. The molecule has 3 fully saturated rings. The van der Waals surface area contributed by atoms with Crippen LogP contribution >= 0.6 is 0 Å². The van der Waals surface area contributed by atoms with E-state index in [1.54, 1.807) is 0 Å². The molecule has 3 rings (SSSR count). The molecule has 3 aliphatic rings. The number of hydrogen-bond donors (Lipinski definition) is 2. The van der Waals surface area contributed by atoms with Gasteiger partial charge in [-0.3, -0.25) is 4.79 Å². The lowest BCUT2D eigenvalue weighted by atomic mass is 9.44. The van der Waals surface area contributed by atoms with E-state index in [-0.39, 0.29) is 17.1 Å². The van der Waals surface area contributed by atoms with Crippen LogP contribution in [0.5, 0.6) is 0 Å². The zero-order valence-electron chi connectivity index (χ0n) is 8.08. The monoisotopic (exact) mass is 184 g/mol. The summed E-state index contributed by atoms with van der Waals surface area (Å²) in [5, 5.41) is 19.1. The van der Waals surface area contributed by atoms with Gasteiger partial charge in [0.25, 0.3) is 0 Å². The lowest BCUT2D eigenvalue weighted by molar-refractivity contribution is -0.210. The molecule has 0 aromatic heterocycles. The first kappa shape index (κ1) is 9.16. The van der Waals surface area contributed by atoms with Gasteiger partial charge in [-0.2, -0.15) is 0 Å². The molecular weight excluding hydrogens is 168 g/mol. The molecule has 3 saturated carbocycles. The number of aliphatic hydroxyl groups is 2. The molecule has 0 amide bonds. The molecule has 74 valence electrons. The number of ketones is 1. The molecule has 0 aromatic carbocycles. The number of carbonyl (C=O) groups excluding carboxylic acids is 1. The highest BCUT2D eigenvalue weighted by Crippen LogP contribution is 2.61. The highest BCUT2D eigenvalue weighted by atomic mass is 16.3. The number of aliphatic hydroxyl groups excluding tert-OH is 1. The van der Waals surface area contributed by atoms with Crippen LogP contribution in [-0.2, 0) is 4.79 Å². The van der Waals surface area contributed by atoms with Crippen LogP contribution in [-0.4, -0.2) is 28.2 Å². The highest BCUT2D eigenvalue weighted by Gasteiger charge is 2.64. The maximum absolute atomic E-state index is 11.5. The molecule has 0 aliphatic heterocycles. The van der Waals surface area contributed by atoms with Crippen LogP contribution in [0.4, 0.5) is 0 Å². The third kappa shape index (κ3) is 0.891. The lowest BCUT2D eigenvalue weighted by Gasteiger charge is -2.61. The van der Waals surface area contributed by atoms with Crippen molar-refractivity contribution < 1.29 is 15.0 Å². The van der Waals surface area contributed by atoms with E-state index in [1.807, 2.05) is 0 Å². The quantitative estimate of drug-likeness (QED) is 0.618. The SMILES string of the molecule is CC1(C)[C@@H]2CC(=O)[C@](O)(CO)[C@H]1C2. The van der Waals surface area contributed by atoms with E-state index in [0.717, 1.165) is 6.42 Å². The minimum atomic E-state index is -1.45. The normalized spacial score (nSPS) is 47.2. The number of Topliss-reactive ketones (excluding diaryl/α,β-unsaturated/α-hetero) is 1. The van der Waals surface area contributed by atoms with Gasteiger partial charge in [-0.05, 0) is 17.8 Å². The Kier molecular flexibility index (Phi) is 1.65. The number of rotatable bonds is 1. The second-order valence-corrected chi connectivity index (χ2v) is 5.02. The Balaban J connectivity index is 2.33. The van der Waals surface area contributed by atoms with Crippen LogP contribution in [0.25, 0.3) is 0 Å². The van der Waals surface area contributed by atoms with Crippen molar-refractivity contribution in [3.63, 3.8) is 0 Å². The summed E-state index contributed by atoms with van der Waals surface area (Å²) in [7, 11) is 0. The lowest BCUT2D eigenvalue weighted by Crippen LogP contribution is -2.67. The number of carbonyl (C=O) groups is 1. The van der Waals surface area contributed by atoms with Gasteiger partial charge in [0.2, 0.25) is 0 Å². The van der Waals surface area contributed by atoms with Gasteiger partial charge >= 0.3 is 0 Å². The van der Waals surface area contributed by atoms with E-state index in [0.29, 0.717) is 12.3 Å². The molecule has 0 saturated heterocycles. The molecule has 2 bridgehead atoms. The molecule has 3 nitrogen and oxygen atoms in total. The summed E-state index contributed by atoms with van der Waals surface area (Å²) >= 11 is 0. The van der Waals surface area contributed by atoms with Crippen molar-refractivity contribution in [1.82, 2.24) is 0 Å². The number of hydrogen-bond acceptors (Lipinski definition) is 3. The van der Waals surface area contributed by atoms with Crippen molar-refractivity contribution in [3.8, 4) is 0 Å². The predicted molar refractivity (Wildman–Crippen MR) is 47.0 cm³/mol. The van der Waals surface area contributed by atoms with Crippen molar-refractivity contribution in [2.45, 2.75) is 32.3 Å². The van der Waals surface area contributed by atoms with Gasteiger partial charge in [0.05, 0.1) is 6.61 Å². The van der Waals surface area contributed by atoms with E-state index in [1.165, 1.54) is 0 Å². The molecule has 3 aliphatic carbocycles. The fraction of sp³-hybridized carbons (Fsp3) is 0.900. The van der Waals surface area contributed by atoms with Gasteiger partial charge in [-0.1, -0.05) is 13.8 Å². The van der Waals surface area contributed by atoms with Gasteiger partial charge in [0.1, 0.15) is 5.60 Å². The van der Waals surface area contributed by atoms with Crippen LogP contribution < -0.4 is 0 Å². The molecule has 0 unspecified atom stereocenters. The average Bonchev–Trinajstić information content (AvgIpc) is 2.08. The second-order valence-electron chi connectivity index (χ2n) is 5.02. The third-order valence-corrected chi connectivity index (χ3v) is 4.20. The molecule has 13 heavy (non-hydrogen) atoms. The van der Waals surface area contributed by atoms with Gasteiger partial charge < -0.3 is 10.2 Å². The largest absolute Gasteiger partial charge is 0.393 e. The van der Waals surface area contributed by atoms with Gasteiger partial charge in [-0.25, -0.2) is 0 Å². The summed E-state index contributed by atoms with van der Waals surface area (Å²) in [5.74, 6) is 0.198. The average molecular weight is 184 g/mol. The first-order valence-electron chi connectivity index (χ1n) is 4.79. The summed E-state index contributed by atoms with van der Waals surface area (Å²) in [4.78, 5) is 11.5. The van der Waals surface area contributed by atoms with E-state index >= 15 is 0 Å². The smallest absolute Gasteiger partial charge is 0.167 e. The Hall–Kier alpha value is -0.410. The first-order valence-corrected chi connectivity index (χ1v) is 4.79. The maximum atomic E-state index is 11.5. The summed E-state index contributed by atoms with van der Waals surface area (Å²) in [5.41, 5.74) is -1.43. The van der Waals surface area contributed by atoms with Crippen molar-refractivity contribution >= 4 is 5.78 Å². The van der Waals surface area contributed by atoms with Crippen LogP contribution in [0.2, 0.25) is 0 Å². The second kappa shape index (κ2) is 2.34. The Bertz CT molecular complexity index is 259. The van der Waals surface area contributed by atoms with E-state index < -0.39 is 12.2 Å². The fourth-order valence-electron chi connectivity index (χ4n) is 2.97. The van der Waals surface area contributed by atoms with Crippen molar-refractivity contribution in [2.24, 2.45) is 17.3 Å². The number of fused-ring (bicyclic) bond motifs is 2. The Morgan fingerprint density at radius 3 is 2.54 bits per heavy atom. The Labute approximate surface area is 77.8 Å². The summed E-state index contributed by atoms with van der Waals surface area (Å²) in [6.07, 6.45) is 1.32. The van der Waals surface area contributed by atoms with Crippen LogP contribution in [0.15, 0.2) is 0 Å². The van der Waals surface area contributed by atoms with Gasteiger partial charge in [0, 0.05) is 12.3 Å².